The molecule has 0 radical (unpaired) electrons. The zero-order valence-corrected chi connectivity index (χ0v) is 13.4. The molecule has 0 spiro atoms. The summed E-state index contributed by atoms with van der Waals surface area (Å²) in [7, 11) is 0. The lowest BCUT2D eigenvalue weighted by Gasteiger charge is -2.23. The lowest BCUT2D eigenvalue weighted by molar-refractivity contribution is -0.115. The van der Waals surface area contributed by atoms with Crippen LogP contribution in [-0.2, 0) is 11.2 Å². The first-order valence-corrected chi connectivity index (χ1v) is 7.89. The van der Waals surface area contributed by atoms with Gasteiger partial charge in [0.25, 0.3) is 0 Å². The first-order valence-electron chi connectivity index (χ1n) is 7.51. The summed E-state index contributed by atoms with van der Waals surface area (Å²) in [4.78, 5) is 32.2. The van der Waals surface area contributed by atoms with Gasteiger partial charge in [-0.1, -0.05) is 30.7 Å². The largest absolute Gasteiger partial charge is 0.295 e. The lowest BCUT2D eigenvalue weighted by Crippen LogP contribution is -2.22. The number of anilines is 1. The molecule has 1 atom stereocenters. The standard InChI is InChI=1S/C17H16ClN3O2/c1-2-16(23)21-17-19-9-13-14(20-17)7-11(8-15(13)22)10-3-5-12(18)6-4-10/h3-6,9,11H,2,7-8H2,1H3,(H,19,20,21,23). The third kappa shape index (κ3) is 3.40. The topological polar surface area (TPSA) is 72.0 Å². The van der Waals surface area contributed by atoms with E-state index in [0.29, 0.717) is 35.5 Å². The fourth-order valence-corrected chi connectivity index (χ4v) is 2.81. The van der Waals surface area contributed by atoms with Crippen molar-refractivity contribution in [3.63, 3.8) is 0 Å². The van der Waals surface area contributed by atoms with Gasteiger partial charge in [0.05, 0.1) is 11.3 Å². The Balaban J connectivity index is 1.88. The van der Waals surface area contributed by atoms with Gasteiger partial charge in [-0.15, -0.1) is 0 Å². The minimum Gasteiger partial charge on any atom is -0.295 e. The van der Waals surface area contributed by atoms with Gasteiger partial charge in [0.2, 0.25) is 11.9 Å². The van der Waals surface area contributed by atoms with Crippen molar-refractivity contribution >= 4 is 29.2 Å². The van der Waals surface area contributed by atoms with E-state index in [2.05, 4.69) is 15.3 Å². The van der Waals surface area contributed by atoms with Gasteiger partial charge in [0, 0.05) is 24.1 Å². The molecule has 0 fully saturated rings. The summed E-state index contributed by atoms with van der Waals surface area (Å²) in [6.45, 7) is 1.76. The van der Waals surface area contributed by atoms with E-state index < -0.39 is 0 Å². The molecule has 1 heterocycles. The van der Waals surface area contributed by atoms with Crippen LogP contribution >= 0.6 is 11.6 Å². The first-order chi connectivity index (χ1) is 11.1. The van der Waals surface area contributed by atoms with Gasteiger partial charge in [0.1, 0.15) is 0 Å². The van der Waals surface area contributed by atoms with E-state index in [1.165, 1.54) is 6.20 Å². The van der Waals surface area contributed by atoms with Crippen LogP contribution in [0, 0.1) is 0 Å². The van der Waals surface area contributed by atoms with E-state index in [4.69, 9.17) is 11.6 Å². The molecule has 3 rings (SSSR count). The Bertz CT molecular complexity index is 759. The minimum absolute atomic E-state index is 0.0274. The van der Waals surface area contributed by atoms with Gasteiger partial charge in [-0.2, -0.15) is 0 Å². The van der Waals surface area contributed by atoms with Crippen molar-refractivity contribution in [3.8, 4) is 0 Å². The number of nitrogens with zero attached hydrogens (tertiary/aromatic N) is 2. The van der Waals surface area contributed by atoms with Crippen LogP contribution in [0.25, 0.3) is 0 Å². The molecule has 0 aliphatic heterocycles. The predicted octanol–water partition coefficient (Wildman–Crippen LogP) is 3.39. The third-order valence-electron chi connectivity index (χ3n) is 3.95. The molecular weight excluding hydrogens is 314 g/mol. The molecule has 0 bridgehead atoms. The summed E-state index contributed by atoms with van der Waals surface area (Å²) >= 11 is 5.92. The maximum absolute atomic E-state index is 12.3. The Hall–Kier alpha value is -2.27. The summed E-state index contributed by atoms with van der Waals surface area (Å²) < 4.78 is 0. The summed E-state index contributed by atoms with van der Waals surface area (Å²) in [5.74, 6) is 0.193. The monoisotopic (exact) mass is 329 g/mol. The van der Waals surface area contributed by atoms with Crippen LogP contribution in [0.2, 0.25) is 5.02 Å². The quantitative estimate of drug-likeness (QED) is 0.936. The van der Waals surface area contributed by atoms with E-state index >= 15 is 0 Å². The zero-order valence-electron chi connectivity index (χ0n) is 12.7. The Morgan fingerprint density at radius 3 is 2.74 bits per heavy atom. The molecule has 1 aliphatic carbocycles. The number of carbonyl (C=O) groups is 2. The Morgan fingerprint density at radius 1 is 1.30 bits per heavy atom. The number of rotatable bonds is 3. The van der Waals surface area contributed by atoms with Crippen LogP contribution in [0.5, 0.6) is 0 Å². The highest BCUT2D eigenvalue weighted by molar-refractivity contribution is 6.30. The average Bonchev–Trinajstić information content (AvgIpc) is 2.55. The second-order valence-electron chi connectivity index (χ2n) is 5.54. The van der Waals surface area contributed by atoms with Crippen molar-refractivity contribution in [2.75, 3.05) is 5.32 Å². The van der Waals surface area contributed by atoms with Crippen molar-refractivity contribution in [3.05, 3.63) is 52.3 Å². The summed E-state index contributed by atoms with van der Waals surface area (Å²) in [5, 5.41) is 3.30. The van der Waals surface area contributed by atoms with Crippen molar-refractivity contribution < 1.29 is 9.59 Å². The molecule has 0 saturated carbocycles. The van der Waals surface area contributed by atoms with E-state index in [0.717, 1.165) is 5.56 Å². The number of benzene rings is 1. The molecule has 1 aliphatic rings. The summed E-state index contributed by atoms with van der Waals surface area (Å²) in [5.41, 5.74) is 2.29. The average molecular weight is 330 g/mol. The summed E-state index contributed by atoms with van der Waals surface area (Å²) in [6.07, 6.45) is 2.93. The fraction of sp³-hybridized carbons (Fsp3) is 0.294. The number of fused-ring (bicyclic) bond motifs is 1. The number of amides is 1. The maximum Gasteiger partial charge on any atom is 0.229 e. The molecule has 118 valence electrons. The molecular formula is C17H16ClN3O2. The number of halogens is 1. The number of carbonyl (C=O) groups excluding carboxylic acids is 2. The first kappa shape index (κ1) is 15.6. The second-order valence-corrected chi connectivity index (χ2v) is 5.97. The van der Waals surface area contributed by atoms with Gasteiger partial charge < -0.3 is 0 Å². The Kier molecular flexibility index (Phi) is 4.39. The molecule has 2 aromatic rings. The number of nitrogens with one attached hydrogen (secondary N) is 1. The predicted molar refractivity (Wildman–Crippen MR) is 87.8 cm³/mol. The molecule has 6 heteroatoms. The third-order valence-corrected chi connectivity index (χ3v) is 4.21. The number of hydrogen-bond acceptors (Lipinski definition) is 4. The number of Topliss-reactive ketones (excluding diaryl/α,β-unsaturated/α-hetero) is 1. The molecule has 23 heavy (non-hydrogen) atoms. The van der Waals surface area contributed by atoms with Gasteiger partial charge in [0.15, 0.2) is 5.78 Å². The summed E-state index contributed by atoms with van der Waals surface area (Å²) in [6, 6.07) is 7.52. The highest BCUT2D eigenvalue weighted by Crippen LogP contribution is 2.32. The second kappa shape index (κ2) is 6.46. The van der Waals surface area contributed by atoms with Crippen LogP contribution < -0.4 is 5.32 Å². The number of aromatic nitrogens is 2. The molecule has 1 N–H and O–H groups in total. The highest BCUT2D eigenvalue weighted by atomic mass is 35.5. The van der Waals surface area contributed by atoms with Crippen LogP contribution in [0.3, 0.4) is 0 Å². The van der Waals surface area contributed by atoms with E-state index in [1.807, 2.05) is 24.3 Å². The van der Waals surface area contributed by atoms with Crippen molar-refractivity contribution in [1.82, 2.24) is 9.97 Å². The van der Waals surface area contributed by atoms with Gasteiger partial charge in [-0.05, 0) is 30.0 Å². The van der Waals surface area contributed by atoms with E-state index in [9.17, 15) is 9.59 Å². The van der Waals surface area contributed by atoms with E-state index in [1.54, 1.807) is 6.92 Å². The Morgan fingerprint density at radius 2 is 2.04 bits per heavy atom. The zero-order chi connectivity index (χ0) is 16.4. The van der Waals surface area contributed by atoms with Gasteiger partial charge in [-0.3, -0.25) is 14.9 Å². The van der Waals surface area contributed by atoms with Crippen LogP contribution in [0.15, 0.2) is 30.5 Å². The van der Waals surface area contributed by atoms with Crippen LogP contribution in [-0.4, -0.2) is 21.7 Å². The van der Waals surface area contributed by atoms with Crippen molar-refractivity contribution in [2.45, 2.75) is 32.1 Å². The smallest absolute Gasteiger partial charge is 0.229 e. The molecule has 5 nitrogen and oxygen atoms in total. The molecule has 1 aromatic heterocycles. The van der Waals surface area contributed by atoms with Gasteiger partial charge in [-0.25, -0.2) is 9.97 Å². The molecule has 0 saturated heterocycles. The minimum atomic E-state index is -0.152. The maximum atomic E-state index is 12.3. The van der Waals surface area contributed by atoms with Crippen molar-refractivity contribution in [2.24, 2.45) is 0 Å². The number of ketones is 1. The molecule has 1 unspecified atom stereocenters. The van der Waals surface area contributed by atoms with Crippen LogP contribution in [0.1, 0.15) is 47.3 Å². The lowest BCUT2D eigenvalue weighted by atomic mass is 9.82. The van der Waals surface area contributed by atoms with Crippen molar-refractivity contribution in [1.29, 1.82) is 0 Å². The SMILES string of the molecule is CCC(=O)Nc1ncc2c(n1)CC(c1ccc(Cl)cc1)CC2=O. The molecule has 1 aromatic carbocycles. The highest BCUT2D eigenvalue weighted by Gasteiger charge is 2.28. The molecule has 1 amide bonds. The Labute approximate surface area is 139 Å². The normalized spacial score (nSPS) is 16.8. The van der Waals surface area contributed by atoms with Crippen LogP contribution in [0.4, 0.5) is 5.95 Å². The van der Waals surface area contributed by atoms with E-state index in [-0.39, 0.29) is 23.6 Å². The number of hydrogen-bond donors (Lipinski definition) is 1. The van der Waals surface area contributed by atoms with Gasteiger partial charge >= 0.3 is 0 Å². The fourth-order valence-electron chi connectivity index (χ4n) is 2.69.